The van der Waals surface area contributed by atoms with Crippen LogP contribution in [0.3, 0.4) is 0 Å². The zero-order chi connectivity index (χ0) is 22.2. The van der Waals surface area contributed by atoms with Gasteiger partial charge in [-0.1, -0.05) is 30.3 Å². The van der Waals surface area contributed by atoms with E-state index >= 15 is 0 Å². The summed E-state index contributed by atoms with van der Waals surface area (Å²) in [6.45, 7) is 3.40. The first kappa shape index (κ1) is 21.8. The van der Waals surface area contributed by atoms with Crippen LogP contribution in [0.2, 0.25) is 0 Å². The van der Waals surface area contributed by atoms with Crippen LogP contribution in [0.4, 0.5) is 4.79 Å². The van der Waals surface area contributed by atoms with Crippen molar-refractivity contribution in [2.24, 2.45) is 0 Å². The van der Waals surface area contributed by atoms with Gasteiger partial charge in [0.15, 0.2) is 0 Å². The van der Waals surface area contributed by atoms with E-state index in [9.17, 15) is 4.79 Å². The molecule has 0 atom stereocenters. The summed E-state index contributed by atoms with van der Waals surface area (Å²) in [5.74, 6) is 1.24. The molecule has 0 spiro atoms. The van der Waals surface area contributed by atoms with E-state index in [1.54, 1.807) is 13.3 Å². The van der Waals surface area contributed by atoms with Gasteiger partial charge in [-0.2, -0.15) is 0 Å². The molecule has 1 saturated heterocycles. The topological polar surface area (TPSA) is 85.8 Å². The number of fused-ring (bicyclic) bond motifs is 1. The predicted molar refractivity (Wildman–Crippen MR) is 121 cm³/mol. The maximum Gasteiger partial charge on any atom is 0.407 e. The molecule has 0 saturated carbocycles. The number of methoxy groups -OCH3 is 1. The highest BCUT2D eigenvalue weighted by Gasteiger charge is 2.21. The molecule has 168 valence electrons. The number of likely N-dealkylation sites (tertiary alicyclic amines) is 1. The first-order valence-electron chi connectivity index (χ1n) is 10.8. The molecule has 0 aliphatic carbocycles. The van der Waals surface area contributed by atoms with Crippen molar-refractivity contribution >= 4 is 17.1 Å². The molecule has 1 fully saturated rings. The van der Waals surface area contributed by atoms with Gasteiger partial charge < -0.3 is 19.5 Å². The number of hydrogen-bond donors (Lipinski definition) is 1. The lowest BCUT2D eigenvalue weighted by Gasteiger charge is -2.31. The van der Waals surface area contributed by atoms with Crippen molar-refractivity contribution < 1.29 is 19.0 Å². The summed E-state index contributed by atoms with van der Waals surface area (Å²) >= 11 is 0. The second-order valence-electron chi connectivity index (χ2n) is 7.73. The van der Waals surface area contributed by atoms with Gasteiger partial charge in [0.2, 0.25) is 5.88 Å². The lowest BCUT2D eigenvalue weighted by Crippen LogP contribution is -2.45. The minimum Gasteiger partial charge on any atom is -0.497 e. The van der Waals surface area contributed by atoms with Gasteiger partial charge in [-0.15, -0.1) is 0 Å². The SMILES string of the molecule is COc1ccc2ncc(OCCN3CCC(NC(=O)OCc4ccccc4)CC3)nc2c1. The molecule has 0 radical (unpaired) electrons. The van der Waals surface area contributed by atoms with Crippen LogP contribution in [-0.4, -0.2) is 60.4 Å². The third-order valence-electron chi connectivity index (χ3n) is 5.51. The number of piperidine rings is 1. The van der Waals surface area contributed by atoms with E-state index in [1.165, 1.54) is 0 Å². The van der Waals surface area contributed by atoms with E-state index < -0.39 is 0 Å². The molecular formula is C24H28N4O4. The number of alkyl carbamates (subject to hydrolysis) is 1. The first-order valence-corrected chi connectivity index (χ1v) is 10.8. The highest BCUT2D eigenvalue weighted by atomic mass is 16.5. The van der Waals surface area contributed by atoms with Crippen molar-refractivity contribution in [3.05, 3.63) is 60.3 Å². The van der Waals surface area contributed by atoms with Crippen LogP contribution >= 0.6 is 0 Å². The molecule has 8 nitrogen and oxygen atoms in total. The van der Waals surface area contributed by atoms with Gasteiger partial charge in [0, 0.05) is 31.7 Å². The molecule has 0 unspecified atom stereocenters. The molecule has 3 aromatic rings. The molecule has 1 N–H and O–H groups in total. The Balaban J connectivity index is 1.15. The molecule has 1 aliphatic heterocycles. The first-order chi connectivity index (χ1) is 15.7. The van der Waals surface area contributed by atoms with E-state index in [1.807, 2.05) is 48.5 Å². The number of benzene rings is 2. The summed E-state index contributed by atoms with van der Waals surface area (Å²) in [7, 11) is 1.63. The van der Waals surface area contributed by atoms with Crippen molar-refractivity contribution in [2.45, 2.75) is 25.5 Å². The van der Waals surface area contributed by atoms with Crippen molar-refractivity contribution in [3.63, 3.8) is 0 Å². The average Bonchev–Trinajstić information content (AvgIpc) is 2.84. The zero-order valence-corrected chi connectivity index (χ0v) is 18.2. The van der Waals surface area contributed by atoms with E-state index in [2.05, 4.69) is 20.2 Å². The Morgan fingerprint density at radius 3 is 2.72 bits per heavy atom. The van der Waals surface area contributed by atoms with Crippen LogP contribution < -0.4 is 14.8 Å². The number of carbonyl (C=O) groups excluding carboxylic acids is 1. The van der Waals surface area contributed by atoms with Crippen LogP contribution in [0.25, 0.3) is 11.0 Å². The summed E-state index contributed by atoms with van der Waals surface area (Å²) in [4.78, 5) is 23.3. The standard InChI is InChI=1S/C24H28N4O4/c1-30-20-7-8-21-22(15-20)27-23(16-25-21)31-14-13-28-11-9-19(10-12-28)26-24(29)32-17-18-5-3-2-4-6-18/h2-8,15-16,19H,9-14,17H2,1H3,(H,26,29). The molecule has 32 heavy (non-hydrogen) atoms. The monoisotopic (exact) mass is 436 g/mol. The highest BCUT2D eigenvalue weighted by molar-refractivity contribution is 5.76. The van der Waals surface area contributed by atoms with E-state index in [4.69, 9.17) is 14.2 Å². The largest absolute Gasteiger partial charge is 0.497 e. The van der Waals surface area contributed by atoms with Gasteiger partial charge in [0.25, 0.3) is 0 Å². The third kappa shape index (κ3) is 6.07. The number of carbonyl (C=O) groups is 1. The van der Waals surface area contributed by atoms with Crippen LogP contribution in [0.15, 0.2) is 54.7 Å². The van der Waals surface area contributed by atoms with E-state index in [-0.39, 0.29) is 18.7 Å². The fourth-order valence-corrected chi connectivity index (χ4v) is 3.68. The average molecular weight is 437 g/mol. The fourth-order valence-electron chi connectivity index (χ4n) is 3.68. The Bertz CT molecular complexity index is 1020. The minimum absolute atomic E-state index is 0.136. The molecule has 0 bridgehead atoms. The predicted octanol–water partition coefficient (Wildman–Crippen LogP) is 3.41. The number of nitrogens with zero attached hydrogens (tertiary/aromatic N) is 3. The molecule has 1 aliphatic rings. The minimum atomic E-state index is -0.359. The summed E-state index contributed by atoms with van der Waals surface area (Å²) in [6, 6.07) is 15.4. The summed E-state index contributed by atoms with van der Waals surface area (Å²) < 4.78 is 16.4. The summed E-state index contributed by atoms with van der Waals surface area (Å²) in [5, 5.41) is 2.97. The van der Waals surface area contributed by atoms with Crippen molar-refractivity contribution in [1.82, 2.24) is 20.2 Å². The Morgan fingerprint density at radius 1 is 1.12 bits per heavy atom. The molecule has 8 heteroatoms. The molecule has 1 aromatic heterocycles. The molecule has 2 aromatic carbocycles. The van der Waals surface area contributed by atoms with Crippen LogP contribution in [0, 0.1) is 0 Å². The Hall–Kier alpha value is -3.39. The maximum atomic E-state index is 12.0. The number of amides is 1. The summed E-state index contributed by atoms with van der Waals surface area (Å²) in [5.41, 5.74) is 2.52. The molecule has 1 amide bonds. The second kappa shape index (κ2) is 10.8. The third-order valence-corrected chi connectivity index (χ3v) is 5.51. The normalized spacial score (nSPS) is 14.8. The Kier molecular flexibility index (Phi) is 7.34. The van der Waals surface area contributed by atoms with Crippen molar-refractivity contribution in [1.29, 1.82) is 0 Å². The van der Waals surface area contributed by atoms with Gasteiger partial charge in [0.05, 0.1) is 24.3 Å². The lowest BCUT2D eigenvalue weighted by molar-refractivity contribution is 0.123. The van der Waals surface area contributed by atoms with Crippen molar-refractivity contribution in [3.8, 4) is 11.6 Å². The smallest absolute Gasteiger partial charge is 0.407 e. The van der Waals surface area contributed by atoms with E-state index in [0.29, 0.717) is 12.5 Å². The lowest BCUT2D eigenvalue weighted by atomic mass is 10.1. The number of rotatable bonds is 8. The Labute approximate surface area is 187 Å². The van der Waals surface area contributed by atoms with Gasteiger partial charge in [-0.25, -0.2) is 14.8 Å². The fraction of sp³-hybridized carbons (Fsp3) is 0.375. The van der Waals surface area contributed by atoms with Crippen molar-refractivity contribution in [2.75, 3.05) is 33.4 Å². The maximum absolute atomic E-state index is 12.0. The summed E-state index contributed by atoms with van der Waals surface area (Å²) in [6.07, 6.45) is 3.06. The van der Waals surface area contributed by atoms with Gasteiger partial charge in [-0.05, 0) is 30.5 Å². The highest BCUT2D eigenvalue weighted by Crippen LogP contribution is 2.19. The van der Waals surface area contributed by atoms with Gasteiger partial charge >= 0.3 is 6.09 Å². The number of hydrogen-bond acceptors (Lipinski definition) is 7. The quantitative estimate of drug-likeness (QED) is 0.579. The van der Waals surface area contributed by atoms with E-state index in [0.717, 1.165) is 54.8 Å². The number of ether oxygens (including phenoxy) is 3. The van der Waals surface area contributed by atoms with Crippen LogP contribution in [-0.2, 0) is 11.3 Å². The molecular weight excluding hydrogens is 408 g/mol. The van der Waals surface area contributed by atoms with Crippen LogP contribution in [0.5, 0.6) is 11.6 Å². The number of nitrogens with one attached hydrogen (secondary N) is 1. The molecule has 2 heterocycles. The van der Waals surface area contributed by atoms with Gasteiger partial charge in [0.1, 0.15) is 19.0 Å². The zero-order valence-electron chi connectivity index (χ0n) is 18.2. The Morgan fingerprint density at radius 2 is 1.94 bits per heavy atom. The second-order valence-corrected chi connectivity index (χ2v) is 7.73. The van der Waals surface area contributed by atoms with Gasteiger partial charge in [-0.3, -0.25) is 4.90 Å². The van der Waals surface area contributed by atoms with Crippen LogP contribution in [0.1, 0.15) is 18.4 Å². The number of aromatic nitrogens is 2. The molecule has 4 rings (SSSR count).